The van der Waals surface area contributed by atoms with Crippen molar-refractivity contribution in [1.82, 2.24) is 25.1 Å². The maximum atomic E-state index is 12.2. The van der Waals surface area contributed by atoms with E-state index in [-0.39, 0.29) is 17.4 Å². The number of nitrogens with zero attached hydrogens (tertiary/aromatic N) is 5. The normalized spacial score (nSPS) is 23.1. The van der Waals surface area contributed by atoms with Crippen LogP contribution in [0, 0.1) is 5.41 Å². The van der Waals surface area contributed by atoms with Gasteiger partial charge in [-0.3, -0.25) is 4.79 Å². The largest absolute Gasteiger partial charge is 0.393 e. The van der Waals surface area contributed by atoms with Crippen molar-refractivity contribution in [3.8, 4) is 0 Å². The summed E-state index contributed by atoms with van der Waals surface area (Å²) in [4.78, 5) is 14.1. The zero-order valence-corrected chi connectivity index (χ0v) is 11.5. The number of hydrogen-bond donors (Lipinski definition) is 1. The molecule has 0 spiro atoms. The van der Waals surface area contributed by atoms with Gasteiger partial charge in [0.15, 0.2) is 0 Å². The smallest absolute Gasteiger partial charge is 0.224 e. The minimum Gasteiger partial charge on any atom is -0.393 e. The summed E-state index contributed by atoms with van der Waals surface area (Å²) >= 11 is 0. The van der Waals surface area contributed by atoms with Crippen LogP contribution in [0.3, 0.4) is 0 Å². The Hall–Kier alpha value is -1.50. The zero-order chi connectivity index (χ0) is 13.9. The Morgan fingerprint density at radius 3 is 3.00 bits per heavy atom. The number of aliphatic hydroxyl groups is 1. The first kappa shape index (κ1) is 13.9. The highest BCUT2D eigenvalue weighted by Gasteiger charge is 2.30. The highest BCUT2D eigenvalue weighted by molar-refractivity contribution is 5.76. The number of aliphatic hydroxyl groups excluding tert-OH is 1. The van der Waals surface area contributed by atoms with Crippen molar-refractivity contribution in [1.29, 1.82) is 0 Å². The van der Waals surface area contributed by atoms with E-state index in [4.69, 9.17) is 0 Å². The average Bonchev–Trinajstić information content (AvgIpc) is 2.79. The minimum absolute atomic E-state index is 0.0413. The van der Waals surface area contributed by atoms with Crippen LogP contribution in [-0.4, -0.2) is 55.3 Å². The SMILES string of the molecule is CC1(C)C[C@H](O)CCN(C(=O)CCn2cnnn2)C1. The molecule has 0 unspecified atom stereocenters. The molecule has 7 heteroatoms. The van der Waals surface area contributed by atoms with E-state index in [0.717, 1.165) is 6.42 Å². The van der Waals surface area contributed by atoms with Gasteiger partial charge in [-0.25, -0.2) is 4.68 Å². The third-order valence-corrected chi connectivity index (χ3v) is 3.44. The molecular formula is C12H21N5O2. The Morgan fingerprint density at radius 1 is 1.53 bits per heavy atom. The highest BCUT2D eigenvalue weighted by atomic mass is 16.3. The molecule has 1 aromatic rings. The molecular weight excluding hydrogens is 246 g/mol. The van der Waals surface area contributed by atoms with Crippen LogP contribution in [0.25, 0.3) is 0 Å². The summed E-state index contributed by atoms with van der Waals surface area (Å²) in [5.74, 6) is 0.0951. The van der Waals surface area contributed by atoms with Gasteiger partial charge in [0, 0.05) is 19.5 Å². The number of tetrazole rings is 1. The maximum absolute atomic E-state index is 12.2. The number of carbonyl (C=O) groups is 1. The quantitative estimate of drug-likeness (QED) is 0.838. The number of likely N-dealkylation sites (tertiary alicyclic amines) is 1. The molecule has 7 nitrogen and oxygen atoms in total. The fraction of sp³-hybridized carbons (Fsp3) is 0.833. The van der Waals surface area contributed by atoms with Gasteiger partial charge in [0.2, 0.25) is 5.91 Å². The van der Waals surface area contributed by atoms with E-state index >= 15 is 0 Å². The van der Waals surface area contributed by atoms with E-state index in [1.165, 1.54) is 6.33 Å². The van der Waals surface area contributed by atoms with Gasteiger partial charge in [-0.15, -0.1) is 5.10 Å². The lowest BCUT2D eigenvalue weighted by Crippen LogP contribution is -2.38. The molecule has 1 fully saturated rings. The van der Waals surface area contributed by atoms with Crippen molar-refractivity contribution in [2.45, 2.75) is 45.8 Å². The lowest BCUT2D eigenvalue weighted by atomic mass is 9.87. The van der Waals surface area contributed by atoms with Crippen LogP contribution in [0.15, 0.2) is 6.33 Å². The number of aromatic nitrogens is 4. The second kappa shape index (κ2) is 5.64. The van der Waals surface area contributed by atoms with Crippen molar-refractivity contribution in [2.75, 3.05) is 13.1 Å². The first-order chi connectivity index (χ1) is 8.96. The molecule has 1 N–H and O–H groups in total. The summed E-state index contributed by atoms with van der Waals surface area (Å²) < 4.78 is 1.55. The second-order valence-electron chi connectivity index (χ2n) is 5.95. The van der Waals surface area contributed by atoms with Crippen molar-refractivity contribution in [3.63, 3.8) is 0 Å². The summed E-state index contributed by atoms with van der Waals surface area (Å²) in [6.45, 7) is 5.98. The van der Waals surface area contributed by atoms with Crippen molar-refractivity contribution >= 4 is 5.91 Å². The van der Waals surface area contributed by atoms with Gasteiger partial charge < -0.3 is 10.0 Å². The number of hydrogen-bond acceptors (Lipinski definition) is 5. The lowest BCUT2D eigenvalue weighted by molar-refractivity contribution is -0.132. The first-order valence-electron chi connectivity index (χ1n) is 6.63. The number of aryl methyl sites for hydroxylation is 1. The summed E-state index contributed by atoms with van der Waals surface area (Å²) in [5, 5.41) is 20.6. The molecule has 2 rings (SSSR count). The average molecular weight is 267 g/mol. The molecule has 1 atom stereocenters. The van der Waals surface area contributed by atoms with Gasteiger partial charge in [-0.1, -0.05) is 13.8 Å². The predicted molar refractivity (Wildman–Crippen MR) is 68.0 cm³/mol. The van der Waals surface area contributed by atoms with Gasteiger partial charge in [-0.2, -0.15) is 0 Å². The van der Waals surface area contributed by atoms with Gasteiger partial charge in [0.1, 0.15) is 6.33 Å². The minimum atomic E-state index is -0.313. The standard InChI is InChI=1S/C12H21N5O2/c1-12(2)7-10(18)3-5-16(8-12)11(19)4-6-17-9-13-14-15-17/h9-10,18H,3-8H2,1-2H3/t10-/m1/s1. The number of carbonyl (C=O) groups excluding carboxylic acids is 1. The van der Waals surface area contributed by atoms with Crippen molar-refractivity contribution in [3.05, 3.63) is 6.33 Å². The van der Waals surface area contributed by atoms with Gasteiger partial charge in [-0.05, 0) is 28.7 Å². The molecule has 19 heavy (non-hydrogen) atoms. The van der Waals surface area contributed by atoms with E-state index in [9.17, 15) is 9.90 Å². The van der Waals surface area contributed by atoms with Crippen LogP contribution >= 0.6 is 0 Å². The summed E-state index contributed by atoms with van der Waals surface area (Å²) in [6, 6.07) is 0. The van der Waals surface area contributed by atoms with E-state index in [1.54, 1.807) is 4.68 Å². The molecule has 106 valence electrons. The fourth-order valence-electron chi connectivity index (χ4n) is 2.57. The highest BCUT2D eigenvalue weighted by Crippen LogP contribution is 2.28. The Kier molecular flexibility index (Phi) is 4.14. The summed E-state index contributed by atoms with van der Waals surface area (Å²) in [7, 11) is 0. The first-order valence-corrected chi connectivity index (χ1v) is 6.63. The maximum Gasteiger partial charge on any atom is 0.224 e. The monoisotopic (exact) mass is 267 g/mol. The van der Waals surface area contributed by atoms with E-state index in [2.05, 4.69) is 29.4 Å². The Bertz CT molecular complexity index is 418. The Balaban J connectivity index is 1.90. The molecule has 0 bridgehead atoms. The molecule has 2 heterocycles. The lowest BCUT2D eigenvalue weighted by Gasteiger charge is -2.29. The third kappa shape index (κ3) is 3.99. The van der Waals surface area contributed by atoms with Crippen molar-refractivity contribution < 1.29 is 9.90 Å². The number of rotatable bonds is 3. The van der Waals surface area contributed by atoms with Crippen molar-refractivity contribution in [2.24, 2.45) is 5.41 Å². The molecule has 1 aliphatic heterocycles. The third-order valence-electron chi connectivity index (χ3n) is 3.44. The molecule has 1 aromatic heterocycles. The van der Waals surface area contributed by atoms with Crippen LogP contribution in [0.5, 0.6) is 0 Å². The topological polar surface area (TPSA) is 84.1 Å². The van der Waals surface area contributed by atoms with Crippen LogP contribution < -0.4 is 0 Å². The van der Waals surface area contributed by atoms with E-state index in [1.807, 2.05) is 4.90 Å². The van der Waals surface area contributed by atoms with Gasteiger partial charge >= 0.3 is 0 Å². The second-order valence-corrected chi connectivity index (χ2v) is 5.95. The van der Waals surface area contributed by atoms with Crippen LogP contribution in [0.4, 0.5) is 0 Å². The molecule has 1 aliphatic rings. The van der Waals surface area contributed by atoms with Crippen LogP contribution in [0.2, 0.25) is 0 Å². The molecule has 0 saturated carbocycles. The molecule has 1 saturated heterocycles. The Labute approximate surface area is 112 Å². The molecule has 0 aliphatic carbocycles. The van der Waals surface area contributed by atoms with Gasteiger partial charge in [0.25, 0.3) is 0 Å². The van der Waals surface area contributed by atoms with E-state index < -0.39 is 0 Å². The Morgan fingerprint density at radius 2 is 2.32 bits per heavy atom. The van der Waals surface area contributed by atoms with Crippen LogP contribution in [0.1, 0.15) is 33.1 Å². The van der Waals surface area contributed by atoms with Gasteiger partial charge in [0.05, 0.1) is 12.6 Å². The fourth-order valence-corrected chi connectivity index (χ4v) is 2.57. The molecule has 0 aromatic carbocycles. The van der Waals surface area contributed by atoms with E-state index in [0.29, 0.717) is 32.5 Å². The predicted octanol–water partition coefficient (Wildman–Crippen LogP) is 0.0727. The van der Waals surface area contributed by atoms with Crippen LogP contribution in [-0.2, 0) is 11.3 Å². The number of amides is 1. The molecule has 1 amide bonds. The summed E-state index contributed by atoms with van der Waals surface area (Å²) in [5.41, 5.74) is -0.0413. The summed E-state index contributed by atoms with van der Waals surface area (Å²) in [6.07, 6.45) is 2.97. The zero-order valence-electron chi connectivity index (χ0n) is 11.5. The molecule has 0 radical (unpaired) electrons.